The summed E-state index contributed by atoms with van der Waals surface area (Å²) in [6.07, 6.45) is 1.10. The van der Waals surface area contributed by atoms with Crippen LogP contribution in [0.2, 0.25) is 0 Å². The van der Waals surface area contributed by atoms with Gasteiger partial charge in [0, 0.05) is 0 Å². The van der Waals surface area contributed by atoms with Crippen molar-refractivity contribution >= 4 is 0 Å². The number of hydrogen-bond acceptors (Lipinski definition) is 3. The maximum atomic E-state index is 10.8. The molecule has 21 heavy (non-hydrogen) atoms. The summed E-state index contributed by atoms with van der Waals surface area (Å²) in [7, 11) is 0. The van der Waals surface area contributed by atoms with Gasteiger partial charge >= 0.3 is 0 Å². The first-order valence-corrected chi connectivity index (χ1v) is 7.93. The largest absolute Gasteiger partial charge is 0.387 e. The summed E-state index contributed by atoms with van der Waals surface area (Å²) >= 11 is 0. The summed E-state index contributed by atoms with van der Waals surface area (Å²) < 4.78 is 12.4. The van der Waals surface area contributed by atoms with Crippen molar-refractivity contribution in [2.75, 3.05) is 0 Å². The first-order valence-electron chi connectivity index (χ1n) is 7.93. The van der Waals surface area contributed by atoms with Gasteiger partial charge in [-0.05, 0) is 43.7 Å². The fourth-order valence-corrected chi connectivity index (χ4v) is 3.95. The highest BCUT2D eigenvalue weighted by atomic mass is 16.6. The zero-order valence-corrected chi connectivity index (χ0v) is 13.4. The minimum absolute atomic E-state index is 0.242. The summed E-state index contributed by atoms with van der Waals surface area (Å²) in [5, 5.41) is 10.8. The topological polar surface area (TPSA) is 38.7 Å². The molecule has 1 aromatic carbocycles. The van der Waals surface area contributed by atoms with E-state index in [9.17, 15) is 5.11 Å². The van der Waals surface area contributed by atoms with Crippen LogP contribution in [0.25, 0.3) is 0 Å². The molecule has 0 saturated carbocycles. The smallest absolute Gasteiger partial charge is 0.115 e. The van der Waals surface area contributed by atoms with E-state index in [0.29, 0.717) is 12.5 Å². The van der Waals surface area contributed by atoms with Crippen LogP contribution in [0.15, 0.2) is 24.3 Å². The first-order chi connectivity index (χ1) is 9.89. The van der Waals surface area contributed by atoms with Crippen LogP contribution in [-0.2, 0) is 16.1 Å². The Balaban J connectivity index is 1.76. The Morgan fingerprint density at radius 1 is 1.33 bits per heavy atom. The van der Waals surface area contributed by atoms with Gasteiger partial charge in [-0.3, -0.25) is 0 Å². The van der Waals surface area contributed by atoms with Crippen molar-refractivity contribution in [1.29, 1.82) is 0 Å². The molecule has 0 spiro atoms. The van der Waals surface area contributed by atoms with E-state index >= 15 is 0 Å². The Labute approximate surface area is 127 Å². The molecule has 2 aliphatic heterocycles. The maximum Gasteiger partial charge on any atom is 0.115 e. The van der Waals surface area contributed by atoms with Crippen LogP contribution < -0.4 is 0 Å². The molecule has 0 unspecified atom stereocenters. The number of rotatable bonds is 4. The van der Waals surface area contributed by atoms with Gasteiger partial charge in [-0.25, -0.2) is 0 Å². The number of ether oxygens (including phenoxy) is 2. The van der Waals surface area contributed by atoms with Gasteiger partial charge in [-0.15, -0.1) is 0 Å². The third-order valence-corrected chi connectivity index (χ3v) is 5.48. The average Bonchev–Trinajstić information content (AvgIpc) is 2.90. The lowest BCUT2D eigenvalue weighted by Crippen LogP contribution is -2.51. The summed E-state index contributed by atoms with van der Waals surface area (Å²) in [4.78, 5) is 0. The van der Waals surface area contributed by atoms with Gasteiger partial charge in [0.2, 0.25) is 0 Å². The SMILES string of the molecule is Cc1ccccc1CO[C@@H]1[C@H](O)[C@@]2(C(C)C)CC[C@]1(C)O2. The molecule has 0 radical (unpaired) electrons. The van der Waals surface area contributed by atoms with Crippen molar-refractivity contribution in [2.45, 2.75) is 70.6 Å². The Bertz CT molecular complexity index is 527. The number of fused-ring (bicyclic) bond motifs is 2. The minimum Gasteiger partial charge on any atom is -0.387 e. The number of benzene rings is 1. The third kappa shape index (κ3) is 2.23. The van der Waals surface area contributed by atoms with E-state index in [1.165, 1.54) is 11.1 Å². The molecule has 2 heterocycles. The van der Waals surface area contributed by atoms with E-state index < -0.39 is 11.7 Å². The fraction of sp³-hybridized carbons (Fsp3) is 0.667. The van der Waals surface area contributed by atoms with Crippen LogP contribution in [0.1, 0.15) is 44.7 Å². The van der Waals surface area contributed by atoms with Crippen molar-refractivity contribution in [2.24, 2.45) is 5.92 Å². The normalized spacial score (nSPS) is 38.4. The predicted molar refractivity (Wildman–Crippen MR) is 82.1 cm³/mol. The molecule has 2 saturated heterocycles. The Hall–Kier alpha value is -0.900. The van der Waals surface area contributed by atoms with Crippen LogP contribution in [0.4, 0.5) is 0 Å². The minimum atomic E-state index is -0.541. The standard InChI is InChI=1S/C18H26O3/c1-12(2)18-10-9-17(4,21-18)16(15(18)19)20-11-14-8-6-5-7-13(14)3/h5-8,12,15-16,19H,9-11H2,1-4H3/t15-,16+,17-,18-/m0/s1. The van der Waals surface area contributed by atoms with Gasteiger partial charge in [-0.2, -0.15) is 0 Å². The molecule has 116 valence electrons. The zero-order chi connectivity index (χ0) is 15.3. The lowest BCUT2D eigenvalue weighted by molar-refractivity contribution is -0.0979. The average molecular weight is 290 g/mol. The van der Waals surface area contributed by atoms with Gasteiger partial charge in [0.1, 0.15) is 12.2 Å². The molecule has 3 nitrogen and oxygen atoms in total. The van der Waals surface area contributed by atoms with E-state index in [2.05, 4.69) is 39.8 Å². The molecule has 4 atom stereocenters. The second kappa shape index (κ2) is 5.08. The molecule has 3 heteroatoms. The molecule has 1 aromatic rings. The van der Waals surface area contributed by atoms with E-state index in [1.54, 1.807) is 0 Å². The molecule has 3 rings (SSSR count). The first kappa shape index (κ1) is 15.0. The lowest BCUT2D eigenvalue weighted by atomic mass is 9.73. The van der Waals surface area contributed by atoms with E-state index in [-0.39, 0.29) is 11.7 Å². The second-order valence-electron chi connectivity index (χ2n) is 7.13. The monoisotopic (exact) mass is 290 g/mol. The van der Waals surface area contributed by atoms with Crippen molar-refractivity contribution < 1.29 is 14.6 Å². The van der Waals surface area contributed by atoms with Crippen LogP contribution in [0.5, 0.6) is 0 Å². The summed E-state index contributed by atoms with van der Waals surface area (Å²) in [5.41, 5.74) is 1.62. The van der Waals surface area contributed by atoms with Crippen molar-refractivity contribution in [3.8, 4) is 0 Å². The molecule has 0 amide bonds. The van der Waals surface area contributed by atoms with Gasteiger partial charge in [0.05, 0.1) is 17.8 Å². The molecule has 2 aliphatic rings. The highest BCUT2D eigenvalue weighted by Crippen LogP contribution is 2.55. The Kier molecular flexibility index (Phi) is 3.63. The van der Waals surface area contributed by atoms with E-state index in [4.69, 9.17) is 9.47 Å². The second-order valence-corrected chi connectivity index (χ2v) is 7.13. The van der Waals surface area contributed by atoms with Gasteiger partial charge in [0.15, 0.2) is 0 Å². The Morgan fingerprint density at radius 3 is 2.67 bits per heavy atom. The molecular weight excluding hydrogens is 264 g/mol. The highest BCUT2D eigenvalue weighted by Gasteiger charge is 2.66. The fourth-order valence-electron chi connectivity index (χ4n) is 3.95. The van der Waals surface area contributed by atoms with E-state index in [0.717, 1.165) is 12.8 Å². The van der Waals surface area contributed by atoms with Crippen molar-refractivity contribution in [3.63, 3.8) is 0 Å². The van der Waals surface area contributed by atoms with Crippen molar-refractivity contribution in [3.05, 3.63) is 35.4 Å². The molecule has 2 fully saturated rings. The molecular formula is C18H26O3. The van der Waals surface area contributed by atoms with Crippen molar-refractivity contribution in [1.82, 2.24) is 0 Å². The van der Waals surface area contributed by atoms with Gasteiger partial charge in [0.25, 0.3) is 0 Å². The zero-order valence-electron chi connectivity index (χ0n) is 13.4. The Morgan fingerprint density at radius 2 is 2.05 bits per heavy atom. The molecule has 0 aromatic heterocycles. The van der Waals surface area contributed by atoms with Crippen LogP contribution in [0, 0.1) is 12.8 Å². The molecule has 2 bridgehead atoms. The highest BCUT2D eigenvalue weighted by molar-refractivity contribution is 5.25. The third-order valence-electron chi connectivity index (χ3n) is 5.48. The molecule has 1 N–H and O–H groups in total. The summed E-state index contributed by atoms with van der Waals surface area (Å²) in [6.45, 7) is 8.94. The van der Waals surface area contributed by atoms with Crippen LogP contribution in [-0.4, -0.2) is 28.5 Å². The van der Waals surface area contributed by atoms with Crippen LogP contribution >= 0.6 is 0 Å². The lowest BCUT2D eigenvalue weighted by Gasteiger charge is -2.36. The van der Waals surface area contributed by atoms with Crippen LogP contribution in [0.3, 0.4) is 0 Å². The predicted octanol–water partition coefficient (Wildman–Crippen LogP) is 3.22. The number of hydrogen-bond donors (Lipinski definition) is 1. The summed E-state index contributed by atoms with van der Waals surface area (Å²) in [5.74, 6) is 0.293. The number of aryl methyl sites for hydroxylation is 1. The number of aliphatic hydroxyl groups excluding tert-OH is 1. The van der Waals surface area contributed by atoms with E-state index in [1.807, 2.05) is 12.1 Å². The quantitative estimate of drug-likeness (QED) is 0.925. The summed E-state index contributed by atoms with van der Waals surface area (Å²) in [6, 6.07) is 8.22. The molecule has 0 aliphatic carbocycles. The van der Waals surface area contributed by atoms with Gasteiger partial charge < -0.3 is 14.6 Å². The van der Waals surface area contributed by atoms with Gasteiger partial charge in [-0.1, -0.05) is 38.1 Å². The number of aliphatic hydroxyl groups is 1. The maximum absolute atomic E-state index is 10.8.